The second kappa shape index (κ2) is 5.91. The van der Waals surface area contributed by atoms with Gasteiger partial charge in [-0.2, -0.15) is 0 Å². The van der Waals surface area contributed by atoms with E-state index in [1.54, 1.807) is 24.5 Å². The van der Waals surface area contributed by atoms with Crippen molar-refractivity contribution in [2.24, 2.45) is 5.41 Å². The maximum atomic E-state index is 12.5. The van der Waals surface area contributed by atoms with Crippen LogP contribution in [0.4, 0.5) is 5.69 Å². The number of hydrogen-bond acceptors (Lipinski definition) is 4. The maximum Gasteiger partial charge on any atom is 0.245 e. The molecule has 1 aromatic rings. The first kappa shape index (κ1) is 16.6. The van der Waals surface area contributed by atoms with E-state index in [4.69, 9.17) is 0 Å². The Morgan fingerprint density at radius 1 is 1.40 bits per heavy atom. The molecular formula is C14H22N2O3S. The second-order valence-corrected chi connectivity index (χ2v) is 8.53. The molecule has 1 unspecified atom stereocenters. The molecular weight excluding hydrogens is 276 g/mol. The van der Waals surface area contributed by atoms with Gasteiger partial charge in [0.05, 0.1) is 11.9 Å². The van der Waals surface area contributed by atoms with Crippen molar-refractivity contribution in [1.29, 1.82) is 0 Å². The number of rotatable bonds is 4. The van der Waals surface area contributed by atoms with Crippen LogP contribution in [0.1, 0.15) is 27.7 Å². The molecule has 0 saturated carbocycles. The van der Waals surface area contributed by atoms with E-state index < -0.39 is 21.0 Å². The highest BCUT2D eigenvalue weighted by molar-refractivity contribution is 7.92. The van der Waals surface area contributed by atoms with E-state index in [9.17, 15) is 13.2 Å². The summed E-state index contributed by atoms with van der Waals surface area (Å²) in [7, 11) is -3.42. The van der Waals surface area contributed by atoms with Crippen LogP contribution in [-0.2, 0) is 14.6 Å². The molecule has 20 heavy (non-hydrogen) atoms. The number of hydrogen-bond donors (Lipinski definition) is 0. The number of carbonyl (C=O) groups excluding carboxylic acids is 1. The van der Waals surface area contributed by atoms with Gasteiger partial charge in [0, 0.05) is 19.0 Å². The van der Waals surface area contributed by atoms with Crippen molar-refractivity contribution in [3.63, 3.8) is 0 Å². The normalized spacial score (nSPS) is 13.8. The zero-order valence-corrected chi connectivity index (χ0v) is 13.4. The number of nitrogens with zero attached hydrogens (tertiary/aromatic N) is 2. The van der Waals surface area contributed by atoms with Crippen molar-refractivity contribution >= 4 is 21.4 Å². The van der Waals surface area contributed by atoms with Gasteiger partial charge in [0.25, 0.3) is 0 Å². The quantitative estimate of drug-likeness (QED) is 0.851. The topological polar surface area (TPSA) is 67.3 Å². The highest BCUT2D eigenvalue weighted by Crippen LogP contribution is 2.22. The van der Waals surface area contributed by atoms with Crippen LogP contribution in [0.3, 0.4) is 0 Å². The summed E-state index contributed by atoms with van der Waals surface area (Å²) in [6.07, 6.45) is 4.26. The fraction of sp³-hybridized carbons (Fsp3) is 0.571. The average molecular weight is 298 g/mol. The van der Waals surface area contributed by atoms with Gasteiger partial charge in [-0.25, -0.2) is 8.42 Å². The van der Waals surface area contributed by atoms with Gasteiger partial charge in [-0.3, -0.25) is 9.78 Å². The molecule has 0 N–H and O–H groups in total. The first-order valence-corrected chi connectivity index (χ1v) is 8.38. The minimum atomic E-state index is -3.42. The van der Waals surface area contributed by atoms with Crippen LogP contribution >= 0.6 is 0 Å². The zero-order chi connectivity index (χ0) is 15.6. The zero-order valence-electron chi connectivity index (χ0n) is 12.6. The second-order valence-electron chi connectivity index (χ2n) is 6.17. The molecule has 0 radical (unpaired) electrons. The third-order valence-corrected chi connectivity index (χ3v) is 4.33. The number of sulfone groups is 1. The standard InChI is InChI=1S/C14H22N2O3S/c1-11(20(5,18)19)13(17)16(10-14(2,3)4)12-7-6-8-15-9-12/h6-9,11H,10H2,1-5H3. The minimum absolute atomic E-state index is 0.150. The van der Waals surface area contributed by atoms with Gasteiger partial charge >= 0.3 is 0 Å². The maximum absolute atomic E-state index is 12.5. The molecule has 0 spiro atoms. The Morgan fingerprint density at radius 3 is 2.40 bits per heavy atom. The summed E-state index contributed by atoms with van der Waals surface area (Å²) in [5, 5.41) is -1.06. The number of pyridine rings is 1. The van der Waals surface area contributed by atoms with Crippen LogP contribution in [-0.4, -0.2) is 37.4 Å². The third kappa shape index (κ3) is 4.59. The Labute approximate surface area is 120 Å². The Morgan fingerprint density at radius 2 is 2.00 bits per heavy atom. The van der Waals surface area contributed by atoms with Crippen molar-refractivity contribution in [2.45, 2.75) is 32.9 Å². The lowest BCUT2D eigenvalue weighted by Gasteiger charge is -2.31. The summed E-state index contributed by atoms with van der Waals surface area (Å²) in [5.74, 6) is -0.421. The fourth-order valence-corrected chi connectivity index (χ4v) is 2.18. The Kier molecular flexibility index (Phi) is 4.91. The molecule has 1 atom stereocenters. The summed E-state index contributed by atoms with van der Waals surface area (Å²) in [4.78, 5) is 18.0. The van der Waals surface area contributed by atoms with E-state index >= 15 is 0 Å². The average Bonchev–Trinajstić information content (AvgIpc) is 2.33. The van der Waals surface area contributed by atoms with E-state index in [2.05, 4.69) is 4.98 Å². The largest absolute Gasteiger partial charge is 0.309 e. The summed E-state index contributed by atoms with van der Waals surface area (Å²) in [6, 6.07) is 3.48. The Balaban J connectivity index is 3.16. The first-order chi connectivity index (χ1) is 9.02. The molecule has 0 bridgehead atoms. The monoisotopic (exact) mass is 298 g/mol. The molecule has 0 aromatic carbocycles. The number of anilines is 1. The van der Waals surface area contributed by atoms with Gasteiger partial charge in [-0.05, 0) is 24.5 Å². The van der Waals surface area contributed by atoms with E-state index in [1.165, 1.54) is 11.8 Å². The smallest absolute Gasteiger partial charge is 0.245 e. The van der Waals surface area contributed by atoms with Crippen LogP contribution in [0.2, 0.25) is 0 Å². The lowest BCUT2D eigenvalue weighted by molar-refractivity contribution is -0.118. The Hall–Kier alpha value is -1.43. The van der Waals surface area contributed by atoms with E-state index in [0.29, 0.717) is 12.2 Å². The molecule has 0 aliphatic carbocycles. The van der Waals surface area contributed by atoms with Crippen LogP contribution in [0.25, 0.3) is 0 Å². The highest BCUT2D eigenvalue weighted by atomic mass is 32.2. The molecule has 1 amide bonds. The van der Waals surface area contributed by atoms with E-state index in [0.717, 1.165) is 6.26 Å². The van der Waals surface area contributed by atoms with Gasteiger partial charge in [-0.1, -0.05) is 20.8 Å². The predicted octanol–water partition coefficient (Wildman–Crippen LogP) is 1.89. The SMILES string of the molecule is CC(C(=O)N(CC(C)(C)C)c1cccnc1)S(C)(=O)=O. The van der Waals surface area contributed by atoms with Crippen LogP contribution < -0.4 is 4.90 Å². The molecule has 0 aliphatic heterocycles. The van der Waals surface area contributed by atoms with Gasteiger partial charge in [-0.15, -0.1) is 0 Å². The number of aromatic nitrogens is 1. The molecule has 0 fully saturated rings. The van der Waals surface area contributed by atoms with Crippen molar-refractivity contribution in [3.05, 3.63) is 24.5 Å². The summed E-state index contributed by atoms with van der Waals surface area (Å²) < 4.78 is 23.2. The fourth-order valence-electron chi connectivity index (χ4n) is 1.69. The molecule has 112 valence electrons. The van der Waals surface area contributed by atoms with E-state index in [-0.39, 0.29) is 5.41 Å². The molecule has 0 aliphatic rings. The molecule has 6 heteroatoms. The lowest BCUT2D eigenvalue weighted by atomic mass is 9.95. The third-order valence-electron chi connectivity index (χ3n) is 2.85. The number of carbonyl (C=O) groups is 1. The summed E-state index contributed by atoms with van der Waals surface area (Å²) in [5.41, 5.74) is 0.464. The van der Waals surface area contributed by atoms with Crippen molar-refractivity contribution in [3.8, 4) is 0 Å². The van der Waals surface area contributed by atoms with Gasteiger partial charge < -0.3 is 4.90 Å². The Bertz CT molecular complexity index is 562. The predicted molar refractivity (Wildman–Crippen MR) is 80.4 cm³/mol. The van der Waals surface area contributed by atoms with Crippen molar-refractivity contribution in [2.75, 3.05) is 17.7 Å². The summed E-state index contributed by atoms with van der Waals surface area (Å²) >= 11 is 0. The summed E-state index contributed by atoms with van der Waals surface area (Å²) in [6.45, 7) is 7.83. The van der Waals surface area contributed by atoms with E-state index in [1.807, 2.05) is 20.8 Å². The van der Waals surface area contributed by atoms with Gasteiger partial charge in [0.1, 0.15) is 5.25 Å². The minimum Gasteiger partial charge on any atom is -0.309 e. The van der Waals surface area contributed by atoms with Crippen LogP contribution in [0.5, 0.6) is 0 Å². The highest BCUT2D eigenvalue weighted by Gasteiger charge is 2.31. The van der Waals surface area contributed by atoms with Crippen LogP contribution in [0, 0.1) is 5.41 Å². The van der Waals surface area contributed by atoms with Crippen molar-refractivity contribution < 1.29 is 13.2 Å². The molecule has 1 aromatic heterocycles. The van der Waals surface area contributed by atoms with Gasteiger partial charge in [0.2, 0.25) is 5.91 Å². The molecule has 5 nitrogen and oxygen atoms in total. The van der Waals surface area contributed by atoms with Gasteiger partial charge in [0.15, 0.2) is 9.84 Å². The lowest BCUT2D eigenvalue weighted by Crippen LogP contribution is -2.45. The molecule has 1 rings (SSSR count). The number of amides is 1. The van der Waals surface area contributed by atoms with Crippen molar-refractivity contribution in [1.82, 2.24) is 4.98 Å². The van der Waals surface area contributed by atoms with Crippen LogP contribution in [0.15, 0.2) is 24.5 Å². The first-order valence-electron chi connectivity index (χ1n) is 6.42. The molecule has 0 saturated heterocycles. The molecule has 1 heterocycles.